The van der Waals surface area contributed by atoms with Crippen molar-refractivity contribution in [2.24, 2.45) is 23.5 Å². The minimum Gasteiger partial charge on any atom is -0.392 e. The predicted octanol–water partition coefficient (Wildman–Crippen LogP) is 0.463. The van der Waals surface area contributed by atoms with Crippen LogP contribution in [0.2, 0.25) is 0 Å². The molecule has 0 aromatic heterocycles. The first-order valence-corrected chi connectivity index (χ1v) is 7.37. The van der Waals surface area contributed by atoms with E-state index in [1.54, 1.807) is 0 Å². The van der Waals surface area contributed by atoms with Crippen LogP contribution in [0.4, 0.5) is 0 Å². The Morgan fingerprint density at radius 2 is 1.78 bits per heavy atom. The average molecular weight is 267 g/mol. The van der Waals surface area contributed by atoms with Gasteiger partial charge in [0, 0.05) is 38.6 Å². The number of hydrogen-bond donors (Lipinski definition) is 1. The van der Waals surface area contributed by atoms with E-state index in [2.05, 4.69) is 9.80 Å². The van der Waals surface area contributed by atoms with Crippen molar-refractivity contribution >= 4 is 23.1 Å². The highest BCUT2D eigenvalue weighted by atomic mass is 32.1. The van der Waals surface area contributed by atoms with E-state index in [1.165, 1.54) is 19.3 Å². The van der Waals surface area contributed by atoms with Crippen molar-refractivity contribution < 1.29 is 4.79 Å². The number of carbonyl (C=O) groups is 1. The zero-order valence-electron chi connectivity index (χ0n) is 10.7. The van der Waals surface area contributed by atoms with Crippen LogP contribution in [0.5, 0.6) is 0 Å². The second kappa shape index (κ2) is 4.78. The molecule has 0 aromatic carbocycles. The maximum absolute atomic E-state index is 12.4. The molecule has 2 N–H and O–H groups in total. The molecule has 1 amide bonds. The lowest BCUT2D eigenvalue weighted by atomic mass is 10.1. The molecule has 1 heterocycles. The highest BCUT2D eigenvalue weighted by Crippen LogP contribution is 2.58. The van der Waals surface area contributed by atoms with Crippen LogP contribution in [0.15, 0.2) is 0 Å². The number of rotatable bonds is 3. The van der Waals surface area contributed by atoms with Crippen molar-refractivity contribution in [2.45, 2.75) is 19.3 Å². The number of nitrogens with zero attached hydrogens (tertiary/aromatic N) is 2. The van der Waals surface area contributed by atoms with Gasteiger partial charge in [0.1, 0.15) is 0 Å². The van der Waals surface area contributed by atoms with Gasteiger partial charge in [0.05, 0.1) is 4.99 Å². The van der Waals surface area contributed by atoms with E-state index in [9.17, 15) is 4.79 Å². The van der Waals surface area contributed by atoms with Gasteiger partial charge in [-0.1, -0.05) is 18.6 Å². The zero-order chi connectivity index (χ0) is 12.7. The maximum Gasteiger partial charge on any atom is 0.226 e. The Labute approximate surface area is 113 Å². The minimum absolute atomic E-state index is 0.376. The molecule has 0 aromatic rings. The second-order valence-electron chi connectivity index (χ2n) is 5.85. The summed E-state index contributed by atoms with van der Waals surface area (Å²) in [5.41, 5.74) is 5.55. The molecule has 3 fully saturated rings. The molecule has 1 aliphatic heterocycles. The molecule has 0 bridgehead atoms. The van der Waals surface area contributed by atoms with Gasteiger partial charge < -0.3 is 10.6 Å². The van der Waals surface area contributed by atoms with Crippen molar-refractivity contribution in [3.8, 4) is 0 Å². The third kappa shape index (κ3) is 2.26. The van der Waals surface area contributed by atoms with Crippen LogP contribution >= 0.6 is 12.2 Å². The van der Waals surface area contributed by atoms with Crippen LogP contribution in [0.25, 0.3) is 0 Å². The monoisotopic (exact) mass is 267 g/mol. The molecule has 4 nitrogen and oxygen atoms in total. The van der Waals surface area contributed by atoms with Crippen LogP contribution in [0.3, 0.4) is 0 Å². The topological polar surface area (TPSA) is 49.6 Å². The summed E-state index contributed by atoms with van der Waals surface area (Å²) in [6, 6.07) is 0. The van der Waals surface area contributed by atoms with Crippen LogP contribution in [0.1, 0.15) is 19.3 Å². The first-order valence-electron chi connectivity index (χ1n) is 6.96. The largest absolute Gasteiger partial charge is 0.392 e. The summed E-state index contributed by atoms with van der Waals surface area (Å²) in [6.07, 6.45) is 3.89. The Bertz CT molecular complexity index is 355. The molecule has 2 saturated carbocycles. The van der Waals surface area contributed by atoms with E-state index in [0.29, 0.717) is 23.4 Å². The second-order valence-corrected chi connectivity index (χ2v) is 6.38. The molecule has 5 heteroatoms. The highest BCUT2D eigenvalue weighted by molar-refractivity contribution is 7.80. The lowest BCUT2D eigenvalue weighted by Crippen LogP contribution is -2.51. The third-order valence-electron chi connectivity index (χ3n) is 4.76. The number of nitrogens with two attached hydrogens (primary N) is 1. The molecule has 18 heavy (non-hydrogen) atoms. The number of piperazine rings is 1. The summed E-state index contributed by atoms with van der Waals surface area (Å²) >= 11 is 4.92. The number of fused-ring (bicyclic) bond motifs is 1. The average Bonchev–Trinajstić information content (AvgIpc) is 2.81. The van der Waals surface area contributed by atoms with Gasteiger partial charge in [0.15, 0.2) is 0 Å². The van der Waals surface area contributed by atoms with E-state index < -0.39 is 0 Å². The molecular formula is C13H21N3OS. The van der Waals surface area contributed by atoms with Gasteiger partial charge in [-0.05, 0) is 24.7 Å². The van der Waals surface area contributed by atoms with E-state index in [1.807, 2.05) is 0 Å². The number of hydrogen-bond acceptors (Lipinski definition) is 3. The Morgan fingerprint density at radius 3 is 2.33 bits per heavy atom. The quantitative estimate of drug-likeness (QED) is 0.755. The van der Waals surface area contributed by atoms with Gasteiger partial charge in [-0.3, -0.25) is 9.69 Å². The lowest BCUT2D eigenvalue weighted by Gasteiger charge is -2.34. The van der Waals surface area contributed by atoms with Gasteiger partial charge >= 0.3 is 0 Å². The van der Waals surface area contributed by atoms with Crippen LogP contribution < -0.4 is 5.73 Å². The van der Waals surface area contributed by atoms with E-state index in [-0.39, 0.29) is 0 Å². The number of carbonyl (C=O) groups excluding carboxylic acids is 1. The summed E-state index contributed by atoms with van der Waals surface area (Å²) in [5, 5.41) is 0. The molecule has 2 unspecified atom stereocenters. The van der Waals surface area contributed by atoms with Gasteiger partial charge in [-0.25, -0.2) is 0 Å². The fourth-order valence-electron chi connectivity index (χ4n) is 3.75. The Hall–Kier alpha value is -0.680. The fourth-order valence-corrected chi connectivity index (χ4v) is 3.93. The van der Waals surface area contributed by atoms with E-state index >= 15 is 0 Å². The lowest BCUT2D eigenvalue weighted by molar-refractivity contribution is -0.135. The summed E-state index contributed by atoms with van der Waals surface area (Å²) < 4.78 is 0. The van der Waals surface area contributed by atoms with Crippen molar-refractivity contribution in [1.82, 2.24) is 9.80 Å². The normalized spacial score (nSPS) is 35.3. The smallest absolute Gasteiger partial charge is 0.226 e. The van der Waals surface area contributed by atoms with Crippen LogP contribution in [-0.4, -0.2) is 53.4 Å². The summed E-state index contributed by atoms with van der Waals surface area (Å²) in [7, 11) is 0. The van der Waals surface area contributed by atoms with E-state index in [4.69, 9.17) is 18.0 Å². The Balaban J connectivity index is 1.48. The molecule has 1 saturated heterocycles. The molecule has 3 aliphatic rings. The summed E-state index contributed by atoms with van der Waals surface area (Å²) in [5.74, 6) is 2.25. The van der Waals surface area contributed by atoms with E-state index in [0.717, 1.165) is 38.0 Å². The van der Waals surface area contributed by atoms with Gasteiger partial charge in [0.2, 0.25) is 5.91 Å². The SMILES string of the molecule is NC(=S)CN1CCN(C(=O)C2C3CCCC32)CC1. The summed E-state index contributed by atoms with van der Waals surface area (Å²) in [4.78, 5) is 17.2. The zero-order valence-corrected chi connectivity index (χ0v) is 11.5. The van der Waals surface area contributed by atoms with Crippen molar-refractivity contribution in [2.75, 3.05) is 32.7 Å². The molecular weight excluding hydrogens is 246 g/mol. The molecule has 2 atom stereocenters. The number of amides is 1. The molecule has 0 radical (unpaired) electrons. The van der Waals surface area contributed by atoms with Crippen LogP contribution in [-0.2, 0) is 4.79 Å². The molecule has 0 spiro atoms. The van der Waals surface area contributed by atoms with Crippen molar-refractivity contribution in [1.29, 1.82) is 0 Å². The molecule has 100 valence electrons. The molecule has 2 aliphatic carbocycles. The predicted molar refractivity (Wildman–Crippen MR) is 74.1 cm³/mol. The van der Waals surface area contributed by atoms with Gasteiger partial charge in [-0.15, -0.1) is 0 Å². The molecule has 3 rings (SSSR count). The fraction of sp³-hybridized carbons (Fsp3) is 0.846. The standard InChI is InChI=1S/C13H21N3OS/c14-11(18)8-15-4-6-16(7-5-15)13(17)12-9-2-1-3-10(9)12/h9-10,12H,1-8H2,(H2,14,18). The first kappa shape index (κ1) is 12.4. The summed E-state index contributed by atoms with van der Waals surface area (Å²) in [6.45, 7) is 4.19. The third-order valence-corrected chi connectivity index (χ3v) is 4.88. The van der Waals surface area contributed by atoms with Gasteiger partial charge in [-0.2, -0.15) is 0 Å². The van der Waals surface area contributed by atoms with Gasteiger partial charge in [0.25, 0.3) is 0 Å². The Morgan fingerprint density at radius 1 is 1.17 bits per heavy atom. The van der Waals surface area contributed by atoms with Crippen LogP contribution in [0, 0.1) is 17.8 Å². The first-order chi connectivity index (χ1) is 8.66. The maximum atomic E-state index is 12.4. The highest BCUT2D eigenvalue weighted by Gasteiger charge is 2.57. The van der Waals surface area contributed by atoms with Crippen molar-refractivity contribution in [3.63, 3.8) is 0 Å². The number of thiocarbonyl (C=S) groups is 1. The minimum atomic E-state index is 0.376. The van der Waals surface area contributed by atoms with Crippen molar-refractivity contribution in [3.05, 3.63) is 0 Å². The Kier molecular flexibility index (Phi) is 3.28.